The third kappa shape index (κ3) is 5.45. The third-order valence-corrected chi connectivity index (χ3v) is 5.72. The van der Waals surface area contributed by atoms with Crippen molar-refractivity contribution in [3.05, 3.63) is 29.8 Å². The van der Waals surface area contributed by atoms with Crippen molar-refractivity contribution < 1.29 is 18.0 Å². The van der Waals surface area contributed by atoms with Crippen LogP contribution in [0.15, 0.2) is 24.3 Å². The highest BCUT2D eigenvalue weighted by atomic mass is 32.2. The molecule has 1 aliphatic heterocycles. The van der Waals surface area contributed by atoms with Gasteiger partial charge >= 0.3 is 0 Å². The number of hydrogen-bond acceptors (Lipinski definition) is 4. The highest BCUT2D eigenvalue weighted by Crippen LogP contribution is 2.20. The maximum Gasteiger partial charge on any atom is 0.253 e. The lowest BCUT2D eigenvalue weighted by atomic mass is 9.96. The molecule has 0 spiro atoms. The predicted octanol–water partition coefficient (Wildman–Crippen LogP) is 1.83. The molecule has 1 aromatic rings. The molecule has 1 saturated heterocycles. The zero-order valence-electron chi connectivity index (χ0n) is 15.3. The number of piperidine rings is 1. The van der Waals surface area contributed by atoms with Crippen molar-refractivity contribution in [2.24, 2.45) is 5.92 Å². The van der Waals surface area contributed by atoms with Gasteiger partial charge in [-0.25, -0.2) is 8.42 Å². The molecule has 2 amide bonds. The summed E-state index contributed by atoms with van der Waals surface area (Å²) in [4.78, 5) is 26.5. The number of nitrogens with one attached hydrogen (secondary N) is 2. The fourth-order valence-electron chi connectivity index (χ4n) is 2.88. The van der Waals surface area contributed by atoms with Crippen LogP contribution in [-0.2, 0) is 14.8 Å². The SMILES string of the molecule is CCCNC(=O)C1CCCN(C(=O)c2ccc(NS(=O)(=O)CC)cc2)C1. The lowest BCUT2D eigenvalue weighted by molar-refractivity contribution is -0.126. The van der Waals surface area contributed by atoms with Gasteiger partial charge in [-0.3, -0.25) is 14.3 Å². The van der Waals surface area contributed by atoms with E-state index in [4.69, 9.17) is 0 Å². The summed E-state index contributed by atoms with van der Waals surface area (Å²) in [7, 11) is -3.34. The maximum atomic E-state index is 12.7. The largest absolute Gasteiger partial charge is 0.356 e. The van der Waals surface area contributed by atoms with E-state index < -0.39 is 10.0 Å². The highest BCUT2D eigenvalue weighted by molar-refractivity contribution is 7.92. The number of carbonyl (C=O) groups is 2. The van der Waals surface area contributed by atoms with Gasteiger partial charge in [0.25, 0.3) is 5.91 Å². The number of amides is 2. The van der Waals surface area contributed by atoms with E-state index in [1.54, 1.807) is 36.1 Å². The summed E-state index contributed by atoms with van der Waals surface area (Å²) in [6, 6.07) is 6.37. The molecule has 7 nitrogen and oxygen atoms in total. The normalized spacial score (nSPS) is 17.6. The summed E-state index contributed by atoms with van der Waals surface area (Å²) in [6.07, 6.45) is 2.47. The molecule has 2 rings (SSSR count). The van der Waals surface area contributed by atoms with Crippen LogP contribution in [0, 0.1) is 5.92 Å². The fraction of sp³-hybridized carbons (Fsp3) is 0.556. The van der Waals surface area contributed by atoms with Gasteiger partial charge in [-0.2, -0.15) is 0 Å². The van der Waals surface area contributed by atoms with Gasteiger partial charge in [0.2, 0.25) is 15.9 Å². The predicted molar refractivity (Wildman–Crippen MR) is 101 cm³/mol. The maximum absolute atomic E-state index is 12.7. The lowest BCUT2D eigenvalue weighted by Gasteiger charge is -2.32. The van der Waals surface area contributed by atoms with Gasteiger partial charge in [0, 0.05) is 30.9 Å². The molecular weight excluding hydrogens is 354 g/mol. The van der Waals surface area contributed by atoms with Crippen LogP contribution >= 0.6 is 0 Å². The first-order valence-electron chi connectivity index (χ1n) is 9.03. The number of nitrogens with zero attached hydrogens (tertiary/aromatic N) is 1. The van der Waals surface area contributed by atoms with Crippen molar-refractivity contribution in [3.8, 4) is 0 Å². The van der Waals surface area contributed by atoms with Crippen LogP contribution in [0.4, 0.5) is 5.69 Å². The van der Waals surface area contributed by atoms with Gasteiger partial charge in [0.05, 0.1) is 11.7 Å². The van der Waals surface area contributed by atoms with Gasteiger partial charge < -0.3 is 10.2 Å². The molecule has 0 aromatic heterocycles. The minimum Gasteiger partial charge on any atom is -0.356 e. The van der Waals surface area contributed by atoms with Crippen molar-refractivity contribution in [2.75, 3.05) is 30.1 Å². The van der Waals surface area contributed by atoms with Gasteiger partial charge in [-0.05, 0) is 50.5 Å². The average Bonchev–Trinajstić information content (AvgIpc) is 2.66. The van der Waals surface area contributed by atoms with Crippen molar-refractivity contribution in [1.82, 2.24) is 10.2 Å². The zero-order chi connectivity index (χ0) is 19.2. The number of anilines is 1. The highest BCUT2D eigenvalue weighted by Gasteiger charge is 2.28. The number of rotatable bonds is 7. The van der Waals surface area contributed by atoms with E-state index in [0.717, 1.165) is 19.3 Å². The Morgan fingerprint density at radius 3 is 2.50 bits per heavy atom. The van der Waals surface area contributed by atoms with Crippen molar-refractivity contribution in [3.63, 3.8) is 0 Å². The molecule has 0 saturated carbocycles. The van der Waals surface area contributed by atoms with Gasteiger partial charge in [0.1, 0.15) is 0 Å². The molecule has 1 aromatic carbocycles. The van der Waals surface area contributed by atoms with E-state index in [-0.39, 0.29) is 23.5 Å². The Balaban J connectivity index is 2.00. The van der Waals surface area contributed by atoms with Crippen molar-refractivity contribution in [2.45, 2.75) is 33.1 Å². The Kier molecular flexibility index (Phi) is 7.02. The van der Waals surface area contributed by atoms with Crippen LogP contribution in [0.25, 0.3) is 0 Å². The first-order valence-corrected chi connectivity index (χ1v) is 10.7. The van der Waals surface area contributed by atoms with Gasteiger partial charge in [-0.1, -0.05) is 6.92 Å². The van der Waals surface area contributed by atoms with Crippen LogP contribution in [-0.4, -0.2) is 50.5 Å². The summed E-state index contributed by atoms with van der Waals surface area (Å²) in [5.74, 6) is -0.311. The first kappa shape index (κ1) is 20.2. The molecule has 1 aliphatic rings. The lowest BCUT2D eigenvalue weighted by Crippen LogP contribution is -2.45. The topological polar surface area (TPSA) is 95.6 Å². The summed E-state index contributed by atoms with van der Waals surface area (Å²) < 4.78 is 25.6. The average molecular weight is 381 g/mol. The quantitative estimate of drug-likeness (QED) is 0.753. The minimum atomic E-state index is -3.34. The minimum absolute atomic E-state index is 0.00803. The van der Waals surface area contributed by atoms with E-state index in [2.05, 4.69) is 10.0 Å². The van der Waals surface area contributed by atoms with E-state index in [9.17, 15) is 18.0 Å². The Hall–Kier alpha value is -2.09. The second-order valence-corrected chi connectivity index (χ2v) is 8.48. The summed E-state index contributed by atoms with van der Waals surface area (Å²) in [6.45, 7) is 5.25. The number of carbonyl (C=O) groups excluding carboxylic acids is 2. The van der Waals surface area contributed by atoms with Gasteiger partial charge in [-0.15, -0.1) is 0 Å². The number of benzene rings is 1. The van der Waals surface area contributed by atoms with E-state index in [1.165, 1.54) is 0 Å². The van der Waals surface area contributed by atoms with Gasteiger partial charge in [0.15, 0.2) is 0 Å². The molecule has 26 heavy (non-hydrogen) atoms. The molecule has 0 radical (unpaired) electrons. The second-order valence-electron chi connectivity index (χ2n) is 6.46. The second kappa shape index (κ2) is 9.02. The van der Waals surface area contributed by atoms with Crippen molar-refractivity contribution >= 4 is 27.5 Å². The summed E-state index contributed by atoms with van der Waals surface area (Å²) in [5.41, 5.74) is 0.915. The van der Waals surface area contributed by atoms with Crippen LogP contribution in [0.3, 0.4) is 0 Å². The fourth-order valence-corrected chi connectivity index (χ4v) is 3.52. The van der Waals surface area contributed by atoms with E-state index >= 15 is 0 Å². The number of hydrogen-bond donors (Lipinski definition) is 2. The Bertz CT molecular complexity index is 731. The van der Waals surface area contributed by atoms with E-state index in [1.807, 2.05) is 6.92 Å². The third-order valence-electron chi connectivity index (χ3n) is 4.41. The molecule has 2 N–H and O–H groups in total. The molecule has 0 bridgehead atoms. The smallest absolute Gasteiger partial charge is 0.253 e. The summed E-state index contributed by atoms with van der Waals surface area (Å²) in [5, 5.41) is 2.89. The Morgan fingerprint density at radius 1 is 1.19 bits per heavy atom. The Morgan fingerprint density at radius 2 is 1.88 bits per heavy atom. The van der Waals surface area contributed by atoms with Crippen LogP contribution < -0.4 is 10.0 Å². The molecule has 8 heteroatoms. The number of likely N-dealkylation sites (tertiary alicyclic amines) is 1. The molecule has 144 valence electrons. The van der Waals surface area contributed by atoms with Crippen LogP contribution in [0.5, 0.6) is 0 Å². The van der Waals surface area contributed by atoms with Crippen LogP contribution in [0.1, 0.15) is 43.5 Å². The zero-order valence-corrected chi connectivity index (χ0v) is 16.1. The van der Waals surface area contributed by atoms with Crippen LogP contribution in [0.2, 0.25) is 0 Å². The molecule has 0 aliphatic carbocycles. The first-order chi connectivity index (χ1) is 12.4. The molecule has 1 unspecified atom stereocenters. The molecule has 1 fully saturated rings. The number of sulfonamides is 1. The van der Waals surface area contributed by atoms with Crippen molar-refractivity contribution in [1.29, 1.82) is 0 Å². The summed E-state index contributed by atoms with van der Waals surface area (Å²) >= 11 is 0. The van der Waals surface area contributed by atoms with E-state index in [0.29, 0.717) is 30.9 Å². The molecule has 1 atom stereocenters. The standard InChI is InChI=1S/C18H27N3O4S/c1-3-11-19-17(22)15-6-5-12-21(13-15)18(23)14-7-9-16(10-8-14)20-26(24,25)4-2/h7-10,15,20H,3-6,11-13H2,1-2H3,(H,19,22). The Labute approximate surface area is 155 Å². The molecule has 1 heterocycles. The molecular formula is C18H27N3O4S. The monoisotopic (exact) mass is 381 g/mol.